The zero-order valence-corrected chi connectivity index (χ0v) is 16.2. The Labute approximate surface area is 171 Å². The van der Waals surface area contributed by atoms with Crippen molar-refractivity contribution < 1.29 is 29.1 Å². The van der Waals surface area contributed by atoms with E-state index in [9.17, 15) is 19.8 Å². The number of aliphatic hydroxyl groups excluding tert-OH is 1. The Morgan fingerprint density at radius 1 is 1.13 bits per heavy atom. The number of carbonyl (C=O) groups excluding carboxylic acids is 2. The first-order valence-electron chi connectivity index (χ1n) is 9.08. The molecule has 30 heavy (non-hydrogen) atoms. The number of carbonyl (C=O) groups is 2. The first kappa shape index (κ1) is 19.3. The van der Waals surface area contributed by atoms with E-state index in [1.54, 1.807) is 43.3 Å². The fraction of sp³-hybridized carbons (Fsp3) is 0.136. The van der Waals surface area contributed by atoms with Crippen LogP contribution in [0.2, 0.25) is 0 Å². The smallest absolute Gasteiger partial charge is 0.301 e. The fourth-order valence-corrected chi connectivity index (χ4v) is 3.45. The molecule has 1 aliphatic rings. The van der Waals surface area contributed by atoms with Crippen LogP contribution >= 0.6 is 0 Å². The Bertz CT molecular complexity index is 1160. The van der Waals surface area contributed by atoms with Crippen LogP contribution in [0.3, 0.4) is 0 Å². The van der Waals surface area contributed by atoms with Crippen LogP contribution in [-0.2, 0) is 9.59 Å². The summed E-state index contributed by atoms with van der Waals surface area (Å²) in [4.78, 5) is 27.0. The molecule has 2 N–H and O–H groups in total. The molecule has 2 heterocycles. The fourth-order valence-electron chi connectivity index (χ4n) is 3.45. The van der Waals surface area contributed by atoms with Gasteiger partial charge in [-0.25, -0.2) is 0 Å². The zero-order chi connectivity index (χ0) is 21.4. The summed E-state index contributed by atoms with van der Waals surface area (Å²) < 4.78 is 10.2. The van der Waals surface area contributed by atoms with Gasteiger partial charge in [0.1, 0.15) is 23.0 Å². The lowest BCUT2D eigenvalue weighted by molar-refractivity contribution is -0.132. The molecular weight excluding hydrogens is 388 g/mol. The molecule has 1 aliphatic heterocycles. The molecule has 0 unspecified atom stereocenters. The number of ketones is 1. The molecule has 0 aliphatic carbocycles. The number of aliphatic hydroxyl groups is 1. The SMILES string of the molecule is COc1ccc(/C(O)=C2\C(=O)C(=O)N(c3cc(C)on3)[C@H]2c2cccc(O)c2)cc1. The van der Waals surface area contributed by atoms with E-state index in [4.69, 9.17) is 9.26 Å². The summed E-state index contributed by atoms with van der Waals surface area (Å²) in [5, 5.41) is 24.8. The van der Waals surface area contributed by atoms with Gasteiger partial charge in [0.15, 0.2) is 5.82 Å². The average Bonchev–Trinajstić information content (AvgIpc) is 3.28. The maximum Gasteiger partial charge on any atom is 0.301 e. The van der Waals surface area contributed by atoms with E-state index < -0.39 is 17.7 Å². The van der Waals surface area contributed by atoms with Crippen LogP contribution in [0.4, 0.5) is 5.82 Å². The van der Waals surface area contributed by atoms with Crippen LogP contribution in [0.5, 0.6) is 11.5 Å². The van der Waals surface area contributed by atoms with Gasteiger partial charge in [-0.2, -0.15) is 0 Å². The first-order valence-corrected chi connectivity index (χ1v) is 9.08. The van der Waals surface area contributed by atoms with Gasteiger partial charge < -0.3 is 19.5 Å². The van der Waals surface area contributed by atoms with Gasteiger partial charge in [0.05, 0.1) is 18.7 Å². The molecule has 3 aromatic rings. The first-order chi connectivity index (χ1) is 14.4. The van der Waals surface area contributed by atoms with E-state index in [0.717, 1.165) is 4.90 Å². The van der Waals surface area contributed by atoms with E-state index in [1.807, 2.05) is 0 Å². The van der Waals surface area contributed by atoms with E-state index in [0.29, 0.717) is 22.6 Å². The van der Waals surface area contributed by atoms with Gasteiger partial charge in [-0.1, -0.05) is 17.3 Å². The standard InChI is InChI=1S/C22H18N2O6/c1-12-10-17(23-30-12)24-19(14-4-3-5-15(25)11-14)18(21(27)22(24)28)20(26)13-6-8-16(29-2)9-7-13/h3-11,19,25-26H,1-2H3/b20-18+/t19-/m0/s1. The Morgan fingerprint density at radius 3 is 2.47 bits per heavy atom. The van der Waals surface area contributed by atoms with Crippen molar-refractivity contribution in [1.29, 1.82) is 0 Å². The molecule has 1 fully saturated rings. The Balaban J connectivity index is 1.92. The quantitative estimate of drug-likeness (QED) is 0.388. The summed E-state index contributed by atoms with van der Waals surface area (Å²) in [6.07, 6.45) is 0. The monoisotopic (exact) mass is 406 g/mol. The number of hydrogen-bond acceptors (Lipinski definition) is 7. The van der Waals surface area contributed by atoms with Crippen LogP contribution in [0.25, 0.3) is 5.76 Å². The molecule has 0 spiro atoms. The second-order valence-corrected chi connectivity index (χ2v) is 6.79. The number of aromatic hydroxyl groups is 1. The van der Waals surface area contributed by atoms with Crippen molar-refractivity contribution in [3.05, 3.63) is 77.1 Å². The highest BCUT2D eigenvalue weighted by atomic mass is 16.5. The number of phenolic OH excluding ortho intramolecular Hbond substituents is 1. The number of anilines is 1. The second kappa shape index (κ2) is 7.40. The number of methoxy groups -OCH3 is 1. The summed E-state index contributed by atoms with van der Waals surface area (Å²) >= 11 is 0. The Kier molecular flexibility index (Phi) is 4.75. The van der Waals surface area contributed by atoms with Gasteiger partial charge in [-0.15, -0.1) is 0 Å². The number of amides is 1. The molecule has 4 rings (SSSR count). The molecule has 1 saturated heterocycles. The summed E-state index contributed by atoms with van der Waals surface area (Å²) in [5.74, 6) is -0.932. The number of ether oxygens (including phenoxy) is 1. The van der Waals surface area contributed by atoms with Crippen molar-refractivity contribution in [3.63, 3.8) is 0 Å². The van der Waals surface area contributed by atoms with Crippen LogP contribution in [-0.4, -0.2) is 34.2 Å². The number of Topliss-reactive ketones (excluding diaryl/α,β-unsaturated/α-hetero) is 1. The van der Waals surface area contributed by atoms with Gasteiger partial charge in [0.2, 0.25) is 0 Å². The summed E-state index contributed by atoms with van der Waals surface area (Å²) in [5.41, 5.74) is 0.664. The van der Waals surface area contributed by atoms with Crippen molar-refractivity contribution in [2.45, 2.75) is 13.0 Å². The summed E-state index contributed by atoms with van der Waals surface area (Å²) in [7, 11) is 1.52. The molecule has 0 radical (unpaired) electrons. The highest BCUT2D eigenvalue weighted by molar-refractivity contribution is 6.51. The lowest BCUT2D eigenvalue weighted by atomic mass is 9.95. The molecule has 8 nitrogen and oxygen atoms in total. The lowest BCUT2D eigenvalue weighted by Crippen LogP contribution is -2.29. The molecule has 1 atom stereocenters. The number of benzene rings is 2. The third-order valence-electron chi connectivity index (χ3n) is 4.86. The molecule has 1 aromatic heterocycles. The predicted molar refractivity (Wildman–Crippen MR) is 107 cm³/mol. The van der Waals surface area contributed by atoms with Crippen molar-refractivity contribution in [3.8, 4) is 11.5 Å². The van der Waals surface area contributed by atoms with E-state index in [1.165, 1.54) is 25.3 Å². The van der Waals surface area contributed by atoms with Gasteiger partial charge >= 0.3 is 5.91 Å². The zero-order valence-electron chi connectivity index (χ0n) is 16.2. The molecule has 8 heteroatoms. The molecule has 152 valence electrons. The minimum Gasteiger partial charge on any atom is -0.508 e. The lowest BCUT2D eigenvalue weighted by Gasteiger charge is -2.23. The number of aryl methyl sites for hydroxylation is 1. The van der Waals surface area contributed by atoms with Gasteiger partial charge in [0.25, 0.3) is 5.78 Å². The largest absolute Gasteiger partial charge is 0.508 e. The minimum absolute atomic E-state index is 0.0427. The number of nitrogens with zero attached hydrogens (tertiary/aromatic N) is 2. The third-order valence-corrected chi connectivity index (χ3v) is 4.86. The van der Waals surface area contributed by atoms with Gasteiger partial charge in [0, 0.05) is 11.6 Å². The van der Waals surface area contributed by atoms with Crippen LogP contribution < -0.4 is 9.64 Å². The van der Waals surface area contributed by atoms with Crippen molar-refractivity contribution >= 4 is 23.3 Å². The summed E-state index contributed by atoms with van der Waals surface area (Å²) in [6, 6.07) is 13.1. The van der Waals surface area contributed by atoms with Crippen LogP contribution in [0.1, 0.15) is 22.9 Å². The number of aromatic nitrogens is 1. The highest BCUT2D eigenvalue weighted by Crippen LogP contribution is 2.42. The molecule has 0 bridgehead atoms. The van der Waals surface area contributed by atoms with Gasteiger partial charge in [-0.05, 0) is 48.9 Å². The summed E-state index contributed by atoms with van der Waals surface area (Å²) in [6.45, 7) is 1.66. The minimum atomic E-state index is -0.997. The number of phenols is 1. The van der Waals surface area contributed by atoms with Gasteiger partial charge in [-0.3, -0.25) is 14.5 Å². The average molecular weight is 406 g/mol. The highest BCUT2D eigenvalue weighted by Gasteiger charge is 2.48. The molecular formula is C22H18N2O6. The number of rotatable bonds is 4. The molecule has 0 saturated carbocycles. The third kappa shape index (κ3) is 3.18. The maximum atomic E-state index is 12.9. The molecule has 1 amide bonds. The van der Waals surface area contributed by atoms with E-state index in [-0.39, 0.29) is 22.9 Å². The predicted octanol–water partition coefficient (Wildman–Crippen LogP) is 3.32. The van der Waals surface area contributed by atoms with E-state index in [2.05, 4.69) is 5.16 Å². The van der Waals surface area contributed by atoms with Crippen LogP contribution in [0.15, 0.2) is 64.7 Å². The van der Waals surface area contributed by atoms with Crippen LogP contribution in [0, 0.1) is 6.92 Å². The second-order valence-electron chi connectivity index (χ2n) is 6.79. The normalized spacial score (nSPS) is 18.1. The molecule has 2 aromatic carbocycles. The number of hydrogen-bond donors (Lipinski definition) is 2. The maximum absolute atomic E-state index is 12.9. The van der Waals surface area contributed by atoms with Crippen molar-refractivity contribution in [2.24, 2.45) is 0 Å². The topological polar surface area (TPSA) is 113 Å². The van der Waals surface area contributed by atoms with Crippen molar-refractivity contribution in [2.75, 3.05) is 12.0 Å². The Hall–Kier alpha value is -4.07. The van der Waals surface area contributed by atoms with Crippen molar-refractivity contribution in [1.82, 2.24) is 5.16 Å². The Morgan fingerprint density at radius 2 is 1.87 bits per heavy atom. The van der Waals surface area contributed by atoms with E-state index >= 15 is 0 Å².